The monoisotopic (exact) mass is 170 g/mol. The molecule has 0 N–H and O–H groups in total. The zero-order chi connectivity index (χ0) is 8.60. The van der Waals surface area contributed by atoms with Crippen molar-refractivity contribution in [3.05, 3.63) is 0 Å². The molecule has 0 atom stereocenters. The van der Waals surface area contributed by atoms with E-state index in [-0.39, 0.29) is 18.0 Å². The summed E-state index contributed by atoms with van der Waals surface area (Å²) >= 11 is 0. The fourth-order valence-electron chi connectivity index (χ4n) is 1.80. The second-order valence-electron chi connectivity index (χ2n) is 3.45. The molecule has 0 amide bonds. The molecule has 0 bridgehead atoms. The van der Waals surface area contributed by atoms with Crippen LogP contribution in [-0.2, 0) is 19.4 Å². The molecule has 1 saturated heterocycles. The van der Waals surface area contributed by atoms with Gasteiger partial charge in [0.05, 0.1) is 13.0 Å². The number of carbonyl (C=O) groups excluding carboxylic acids is 2. The summed E-state index contributed by atoms with van der Waals surface area (Å²) in [5.41, 5.74) is -0.605. The molecule has 4 heteroatoms. The molecule has 0 aromatic rings. The van der Waals surface area contributed by atoms with Gasteiger partial charge in [-0.15, -0.1) is 0 Å². The summed E-state index contributed by atoms with van der Waals surface area (Å²) in [6.07, 6.45) is 1.40. The van der Waals surface area contributed by atoms with Gasteiger partial charge in [-0.3, -0.25) is 9.59 Å². The summed E-state index contributed by atoms with van der Waals surface area (Å²) in [6.45, 7) is 0.487. The third-order valence-electron chi connectivity index (χ3n) is 2.31. The molecule has 0 unspecified atom stereocenters. The van der Waals surface area contributed by atoms with Crippen molar-refractivity contribution in [3.8, 4) is 0 Å². The Balaban J connectivity index is 2.14. The van der Waals surface area contributed by atoms with Gasteiger partial charge in [0.15, 0.2) is 0 Å². The van der Waals surface area contributed by atoms with Crippen molar-refractivity contribution in [2.75, 3.05) is 6.61 Å². The van der Waals surface area contributed by atoms with E-state index in [9.17, 15) is 9.59 Å². The molecule has 0 aromatic heterocycles. The second-order valence-corrected chi connectivity index (χ2v) is 3.45. The van der Waals surface area contributed by atoms with Crippen molar-refractivity contribution < 1.29 is 19.4 Å². The number of Topliss-reactive ketones (excluding diaryl/α,β-unsaturated/α-hetero) is 2. The van der Waals surface area contributed by atoms with Crippen LogP contribution in [0, 0.1) is 0 Å². The largest absolute Gasteiger partial charge is 0.299 e. The van der Waals surface area contributed by atoms with Gasteiger partial charge < -0.3 is 0 Å². The molecule has 0 aromatic carbocycles. The highest BCUT2D eigenvalue weighted by Crippen LogP contribution is 2.34. The quantitative estimate of drug-likeness (QED) is 0.390. The van der Waals surface area contributed by atoms with Crippen molar-refractivity contribution in [2.24, 2.45) is 0 Å². The second kappa shape index (κ2) is 2.64. The van der Waals surface area contributed by atoms with Crippen LogP contribution in [0.15, 0.2) is 0 Å². The Labute approximate surface area is 69.8 Å². The van der Waals surface area contributed by atoms with Gasteiger partial charge in [0.25, 0.3) is 0 Å². The van der Waals surface area contributed by atoms with Gasteiger partial charge >= 0.3 is 0 Å². The Morgan fingerprint density at radius 3 is 2.33 bits per heavy atom. The minimum atomic E-state index is -0.605. The zero-order valence-electron chi connectivity index (χ0n) is 6.67. The van der Waals surface area contributed by atoms with E-state index in [1.54, 1.807) is 0 Å². The van der Waals surface area contributed by atoms with E-state index in [4.69, 9.17) is 9.78 Å². The minimum absolute atomic E-state index is 0.0308. The molecule has 0 radical (unpaired) electrons. The summed E-state index contributed by atoms with van der Waals surface area (Å²) in [6, 6.07) is 0. The number of rotatable bonds is 0. The van der Waals surface area contributed by atoms with Crippen LogP contribution in [0.1, 0.15) is 25.7 Å². The van der Waals surface area contributed by atoms with Crippen LogP contribution < -0.4 is 0 Å². The van der Waals surface area contributed by atoms with Crippen molar-refractivity contribution in [1.82, 2.24) is 0 Å². The Morgan fingerprint density at radius 2 is 1.83 bits per heavy atom. The van der Waals surface area contributed by atoms with Crippen LogP contribution in [0.5, 0.6) is 0 Å². The van der Waals surface area contributed by atoms with Crippen molar-refractivity contribution in [2.45, 2.75) is 31.3 Å². The predicted octanol–water partition coefficient (Wildman–Crippen LogP) is 0.399. The van der Waals surface area contributed by atoms with Crippen LogP contribution in [0.2, 0.25) is 0 Å². The van der Waals surface area contributed by atoms with Gasteiger partial charge in [0.1, 0.15) is 17.2 Å². The van der Waals surface area contributed by atoms with E-state index in [1.165, 1.54) is 0 Å². The number of ketones is 2. The summed E-state index contributed by atoms with van der Waals surface area (Å²) < 4.78 is 0. The lowest BCUT2D eigenvalue weighted by Crippen LogP contribution is -2.39. The van der Waals surface area contributed by atoms with E-state index >= 15 is 0 Å². The Morgan fingerprint density at radius 1 is 1.17 bits per heavy atom. The van der Waals surface area contributed by atoms with Crippen LogP contribution in [-0.4, -0.2) is 23.8 Å². The summed E-state index contributed by atoms with van der Waals surface area (Å²) in [7, 11) is 0. The lowest BCUT2D eigenvalue weighted by molar-refractivity contribution is -0.309. The molecule has 66 valence electrons. The number of hydrogen-bond acceptors (Lipinski definition) is 4. The SMILES string of the molecule is O=C1CC(=O)CC2(CCOO2)C1. The summed E-state index contributed by atoms with van der Waals surface area (Å²) in [5, 5.41) is 0. The Bertz CT molecular complexity index is 209. The Kier molecular flexibility index (Phi) is 1.73. The van der Waals surface area contributed by atoms with Crippen LogP contribution in [0.25, 0.3) is 0 Å². The highest BCUT2D eigenvalue weighted by Gasteiger charge is 2.44. The van der Waals surface area contributed by atoms with Gasteiger partial charge in [-0.2, -0.15) is 0 Å². The summed E-state index contributed by atoms with van der Waals surface area (Å²) in [5.74, 6) is -0.0616. The molecule has 1 saturated carbocycles. The molecule has 1 heterocycles. The first-order valence-electron chi connectivity index (χ1n) is 4.04. The fraction of sp³-hybridized carbons (Fsp3) is 0.750. The van der Waals surface area contributed by atoms with Crippen molar-refractivity contribution in [3.63, 3.8) is 0 Å². The molecular formula is C8H10O4. The zero-order valence-corrected chi connectivity index (χ0v) is 6.67. The third-order valence-corrected chi connectivity index (χ3v) is 2.31. The van der Waals surface area contributed by atoms with E-state index in [2.05, 4.69) is 0 Å². The molecule has 12 heavy (non-hydrogen) atoms. The molecule has 1 aliphatic heterocycles. The average molecular weight is 170 g/mol. The lowest BCUT2D eigenvalue weighted by atomic mass is 9.81. The maximum atomic E-state index is 11.1. The first-order chi connectivity index (χ1) is 5.70. The van der Waals surface area contributed by atoms with E-state index in [1.807, 2.05) is 0 Å². The maximum Gasteiger partial charge on any atom is 0.143 e. The first-order valence-corrected chi connectivity index (χ1v) is 4.04. The van der Waals surface area contributed by atoms with E-state index < -0.39 is 5.60 Å². The first kappa shape index (κ1) is 7.89. The highest BCUT2D eigenvalue weighted by molar-refractivity contribution is 6.02. The third kappa shape index (κ3) is 1.28. The molecule has 2 aliphatic rings. The van der Waals surface area contributed by atoms with E-state index in [0.29, 0.717) is 25.9 Å². The molecule has 1 aliphatic carbocycles. The van der Waals surface area contributed by atoms with Crippen LogP contribution in [0.4, 0.5) is 0 Å². The smallest absolute Gasteiger partial charge is 0.143 e. The van der Waals surface area contributed by atoms with Gasteiger partial charge in [-0.05, 0) is 0 Å². The van der Waals surface area contributed by atoms with Crippen molar-refractivity contribution >= 4 is 11.6 Å². The van der Waals surface area contributed by atoms with Gasteiger partial charge in [0, 0.05) is 19.3 Å². The lowest BCUT2D eigenvalue weighted by Gasteiger charge is -2.27. The standard InChI is InChI=1S/C8H10O4/c9-6-3-7(10)5-8(4-6)1-2-11-12-8/h1-5H2. The number of hydrogen-bond donors (Lipinski definition) is 0. The average Bonchev–Trinajstić information content (AvgIpc) is 2.33. The van der Waals surface area contributed by atoms with Crippen LogP contribution in [0.3, 0.4) is 0 Å². The number of carbonyl (C=O) groups is 2. The summed E-state index contributed by atoms with van der Waals surface area (Å²) in [4.78, 5) is 31.9. The van der Waals surface area contributed by atoms with Gasteiger partial charge in [-0.1, -0.05) is 0 Å². The molecule has 4 nitrogen and oxygen atoms in total. The molecular weight excluding hydrogens is 160 g/mol. The van der Waals surface area contributed by atoms with Crippen molar-refractivity contribution in [1.29, 1.82) is 0 Å². The van der Waals surface area contributed by atoms with Gasteiger partial charge in [-0.25, -0.2) is 9.78 Å². The molecule has 1 spiro atoms. The molecule has 2 fully saturated rings. The minimum Gasteiger partial charge on any atom is -0.299 e. The Hall–Kier alpha value is -0.740. The topological polar surface area (TPSA) is 52.6 Å². The predicted molar refractivity (Wildman–Crippen MR) is 38.3 cm³/mol. The normalized spacial score (nSPS) is 28.3. The van der Waals surface area contributed by atoms with Gasteiger partial charge in [0.2, 0.25) is 0 Å². The highest BCUT2D eigenvalue weighted by atomic mass is 17.2. The maximum absolute atomic E-state index is 11.1. The van der Waals surface area contributed by atoms with E-state index in [0.717, 1.165) is 0 Å². The molecule has 2 rings (SSSR count). The van der Waals surface area contributed by atoms with Crippen LogP contribution >= 0.6 is 0 Å². The fourth-order valence-corrected chi connectivity index (χ4v) is 1.80.